The van der Waals surface area contributed by atoms with E-state index in [2.05, 4.69) is 50.7 Å². The molecule has 224 valence electrons. The van der Waals surface area contributed by atoms with Gasteiger partial charge in [-0.1, -0.05) is 37.3 Å². The minimum Gasteiger partial charge on any atom is -0.347 e. The zero-order valence-corrected chi connectivity index (χ0v) is 26.1. The van der Waals surface area contributed by atoms with Gasteiger partial charge in [-0.3, -0.25) is 14.5 Å². The second-order valence-corrected chi connectivity index (χ2v) is 13.9. The Morgan fingerprint density at radius 3 is 2.63 bits per heavy atom. The molecule has 9 nitrogen and oxygen atoms in total. The van der Waals surface area contributed by atoms with Gasteiger partial charge in [0.25, 0.3) is 15.9 Å². The summed E-state index contributed by atoms with van der Waals surface area (Å²) in [6.45, 7) is 8.42. The molecule has 0 unspecified atom stereocenters. The van der Waals surface area contributed by atoms with Crippen LogP contribution in [0.1, 0.15) is 53.9 Å². The molecular formula is C32H36N6O3S2. The summed E-state index contributed by atoms with van der Waals surface area (Å²) in [7, 11) is -3.65. The third-order valence-electron chi connectivity index (χ3n) is 7.42. The van der Waals surface area contributed by atoms with E-state index < -0.39 is 10.0 Å². The maximum absolute atomic E-state index is 12.8. The fourth-order valence-electron chi connectivity index (χ4n) is 4.74. The highest BCUT2D eigenvalue weighted by Crippen LogP contribution is 2.23. The predicted molar refractivity (Wildman–Crippen MR) is 172 cm³/mol. The number of hydrogen-bond donors (Lipinski definition) is 3. The number of nitrogens with zero attached hydrogens (tertiary/aromatic N) is 3. The van der Waals surface area contributed by atoms with Gasteiger partial charge in [0.15, 0.2) is 0 Å². The van der Waals surface area contributed by atoms with Crippen molar-refractivity contribution in [3.8, 4) is 0 Å². The number of hydrogen-bond acceptors (Lipinski definition) is 7. The van der Waals surface area contributed by atoms with Crippen LogP contribution in [0.4, 0.5) is 5.69 Å². The highest BCUT2D eigenvalue weighted by Gasteiger charge is 2.20. The minimum atomic E-state index is -3.65. The minimum absolute atomic E-state index is 0.136. The Balaban J connectivity index is 1.15. The van der Waals surface area contributed by atoms with Crippen LogP contribution in [0.5, 0.6) is 0 Å². The van der Waals surface area contributed by atoms with Gasteiger partial charge in [-0.25, -0.2) is 13.4 Å². The number of anilines is 1. The first kappa shape index (κ1) is 30.4. The van der Waals surface area contributed by atoms with Gasteiger partial charge in [0.05, 0.1) is 34.3 Å². The highest BCUT2D eigenvalue weighted by molar-refractivity contribution is 7.92. The van der Waals surface area contributed by atoms with Crippen molar-refractivity contribution in [2.24, 2.45) is 0 Å². The van der Waals surface area contributed by atoms with E-state index >= 15 is 0 Å². The number of fused-ring (bicyclic) bond motifs is 1. The van der Waals surface area contributed by atoms with Crippen LogP contribution in [-0.4, -0.2) is 40.9 Å². The zero-order chi connectivity index (χ0) is 30.5. The number of nitrogens with one attached hydrogen (secondary N) is 3. The van der Waals surface area contributed by atoms with Crippen LogP contribution < -0.4 is 15.4 Å². The van der Waals surface area contributed by atoms with Gasteiger partial charge < -0.3 is 15.2 Å². The summed E-state index contributed by atoms with van der Waals surface area (Å²) in [6, 6.07) is 21.5. The molecule has 0 spiro atoms. The molecule has 5 aromatic rings. The number of aromatic nitrogens is 3. The number of thiazole rings is 1. The molecule has 0 radical (unpaired) electrons. The molecule has 0 fully saturated rings. The van der Waals surface area contributed by atoms with Gasteiger partial charge in [-0.05, 0) is 74.2 Å². The quantitative estimate of drug-likeness (QED) is 0.154. The number of amides is 1. The van der Waals surface area contributed by atoms with Gasteiger partial charge >= 0.3 is 0 Å². The molecule has 11 heteroatoms. The number of carbonyl (C=O) groups is 1. The average Bonchev–Trinajstić information content (AvgIpc) is 3.68. The Hall–Kier alpha value is -4.06. The van der Waals surface area contributed by atoms with E-state index in [0.717, 1.165) is 41.0 Å². The van der Waals surface area contributed by atoms with Gasteiger partial charge in [0.2, 0.25) is 0 Å². The van der Waals surface area contributed by atoms with E-state index in [9.17, 15) is 13.2 Å². The fourth-order valence-corrected chi connectivity index (χ4v) is 6.34. The van der Waals surface area contributed by atoms with E-state index in [4.69, 9.17) is 0 Å². The molecule has 3 aromatic carbocycles. The average molecular weight is 617 g/mol. The lowest BCUT2D eigenvalue weighted by atomic mass is 9.96. The van der Waals surface area contributed by atoms with Crippen molar-refractivity contribution in [2.75, 3.05) is 11.3 Å². The number of imidazole rings is 1. The maximum Gasteiger partial charge on any atom is 0.261 e. The van der Waals surface area contributed by atoms with Crippen LogP contribution in [0.25, 0.3) is 11.0 Å². The largest absolute Gasteiger partial charge is 0.347 e. The first-order chi connectivity index (χ1) is 20.6. The van der Waals surface area contributed by atoms with Crippen LogP contribution in [0, 0.1) is 0 Å². The standard InChI is InChI=1S/C32H36N6O3S2/c1-23(24-8-7-9-26(16-24)37-43(40,41)28-10-5-4-6-11-28)18-36-32(2,3)14-15-38-21-35-29-17-25(12-13-30(29)38)31(39)34-20-27-19-33-22-42-27/h4-13,16-17,19,21-23,36-37H,14-15,18,20H2,1-3H3,(H,34,39)/t23-/m0/s1. The Labute approximate surface area is 256 Å². The molecule has 0 aliphatic rings. The SMILES string of the molecule is C[C@@H](CNC(C)(C)CCn1cnc2cc(C(=O)NCc3cncs3)ccc21)c1cccc(NS(=O)(=O)c2ccccc2)c1. The number of rotatable bonds is 13. The van der Waals surface area contributed by atoms with Crippen LogP contribution in [0.15, 0.2) is 95.7 Å². The predicted octanol–water partition coefficient (Wildman–Crippen LogP) is 5.79. The van der Waals surface area contributed by atoms with E-state index in [1.165, 1.54) is 11.3 Å². The molecule has 0 aliphatic carbocycles. The second-order valence-electron chi connectivity index (χ2n) is 11.3. The Morgan fingerprint density at radius 2 is 1.86 bits per heavy atom. The molecule has 1 atom stereocenters. The van der Waals surface area contributed by atoms with E-state index in [0.29, 0.717) is 17.8 Å². The van der Waals surface area contributed by atoms with Crippen molar-refractivity contribution in [2.45, 2.75) is 56.6 Å². The number of benzene rings is 3. The molecule has 3 N–H and O–H groups in total. The molecular weight excluding hydrogens is 581 g/mol. The summed E-state index contributed by atoms with van der Waals surface area (Å²) < 4.78 is 30.3. The van der Waals surface area contributed by atoms with Crippen LogP contribution in [0.2, 0.25) is 0 Å². The third kappa shape index (κ3) is 7.86. The lowest BCUT2D eigenvalue weighted by Crippen LogP contribution is -2.42. The van der Waals surface area contributed by atoms with Crippen molar-refractivity contribution < 1.29 is 13.2 Å². The lowest BCUT2D eigenvalue weighted by Gasteiger charge is -2.29. The van der Waals surface area contributed by atoms with Gasteiger partial charge in [0.1, 0.15) is 0 Å². The van der Waals surface area contributed by atoms with Crippen molar-refractivity contribution in [3.05, 3.63) is 107 Å². The molecule has 0 bridgehead atoms. The molecule has 0 aliphatic heterocycles. The van der Waals surface area contributed by atoms with Crippen LogP contribution >= 0.6 is 11.3 Å². The number of carbonyl (C=O) groups excluding carboxylic acids is 1. The van der Waals surface area contributed by atoms with Gasteiger partial charge in [0, 0.05) is 41.0 Å². The monoisotopic (exact) mass is 616 g/mol. The lowest BCUT2D eigenvalue weighted by molar-refractivity contribution is 0.0951. The molecule has 0 saturated heterocycles. The van der Waals surface area contributed by atoms with E-state index in [1.54, 1.807) is 48.1 Å². The molecule has 43 heavy (non-hydrogen) atoms. The Kier molecular flexibility index (Phi) is 9.24. The van der Waals surface area contributed by atoms with Crippen molar-refractivity contribution >= 4 is 44.0 Å². The second kappa shape index (κ2) is 13.1. The summed E-state index contributed by atoms with van der Waals surface area (Å²) >= 11 is 1.51. The van der Waals surface area contributed by atoms with Gasteiger partial charge in [-0.15, -0.1) is 11.3 Å². The fraction of sp³-hybridized carbons (Fsp3) is 0.281. The summed E-state index contributed by atoms with van der Waals surface area (Å²) in [6.07, 6.45) is 4.44. The first-order valence-corrected chi connectivity index (χ1v) is 16.5. The molecule has 2 aromatic heterocycles. The zero-order valence-electron chi connectivity index (χ0n) is 24.4. The summed E-state index contributed by atoms with van der Waals surface area (Å²) in [5.41, 5.74) is 5.52. The summed E-state index contributed by atoms with van der Waals surface area (Å²) in [5, 5.41) is 6.61. The van der Waals surface area contributed by atoms with Crippen molar-refractivity contribution in [1.29, 1.82) is 0 Å². The summed E-state index contributed by atoms with van der Waals surface area (Å²) in [5.74, 6) is 0.0265. The van der Waals surface area contributed by atoms with E-state index in [1.807, 2.05) is 42.7 Å². The summed E-state index contributed by atoms with van der Waals surface area (Å²) in [4.78, 5) is 22.4. The molecule has 0 saturated carbocycles. The molecule has 5 rings (SSSR count). The molecule has 1 amide bonds. The number of aryl methyl sites for hydroxylation is 1. The van der Waals surface area contributed by atoms with E-state index in [-0.39, 0.29) is 22.3 Å². The third-order valence-corrected chi connectivity index (χ3v) is 9.59. The van der Waals surface area contributed by atoms with Crippen LogP contribution in [-0.2, 0) is 23.1 Å². The van der Waals surface area contributed by atoms with Crippen molar-refractivity contribution in [3.63, 3.8) is 0 Å². The topological polar surface area (TPSA) is 118 Å². The smallest absolute Gasteiger partial charge is 0.261 e. The molecule has 2 heterocycles. The normalized spacial score (nSPS) is 12.7. The first-order valence-electron chi connectivity index (χ1n) is 14.1. The van der Waals surface area contributed by atoms with Crippen molar-refractivity contribution in [1.82, 2.24) is 25.2 Å². The van der Waals surface area contributed by atoms with Gasteiger partial charge in [-0.2, -0.15) is 0 Å². The Morgan fingerprint density at radius 1 is 1.05 bits per heavy atom. The van der Waals surface area contributed by atoms with Crippen LogP contribution in [0.3, 0.4) is 0 Å². The number of sulfonamides is 1. The maximum atomic E-state index is 12.8. The Bertz CT molecular complexity index is 1780. The highest BCUT2D eigenvalue weighted by atomic mass is 32.2.